The van der Waals surface area contributed by atoms with E-state index in [4.69, 9.17) is 4.74 Å². The molecule has 0 amide bonds. The van der Waals surface area contributed by atoms with Crippen molar-refractivity contribution in [3.05, 3.63) is 40.7 Å². The lowest BCUT2D eigenvalue weighted by molar-refractivity contribution is -0.500. The zero-order valence-corrected chi connectivity index (χ0v) is 12.7. The van der Waals surface area contributed by atoms with Gasteiger partial charge in [0.1, 0.15) is 5.69 Å². The molecule has 0 aliphatic heterocycles. The maximum atomic E-state index is 12.5. The molecule has 0 atom stereocenters. The fraction of sp³-hybridized carbons (Fsp3) is 0.412. The third-order valence-corrected chi connectivity index (χ3v) is 4.33. The number of carbonyl (C=O) groups excluding carboxylic acids is 1. The van der Waals surface area contributed by atoms with Crippen LogP contribution in [0.5, 0.6) is 0 Å². The van der Waals surface area contributed by atoms with Crippen LogP contribution in [0.3, 0.4) is 0 Å². The van der Waals surface area contributed by atoms with E-state index < -0.39 is 5.97 Å². The molecule has 3 rings (SSSR count). The number of hydrogen-bond acceptors (Lipinski definition) is 3. The van der Waals surface area contributed by atoms with E-state index in [1.54, 1.807) is 6.21 Å². The number of hydrogen-bond donors (Lipinski definition) is 1. The van der Waals surface area contributed by atoms with Gasteiger partial charge in [-0.1, -0.05) is 24.6 Å². The topological polar surface area (TPSA) is 68.2 Å². The van der Waals surface area contributed by atoms with Gasteiger partial charge in [-0.25, -0.2) is 9.53 Å². The lowest BCUT2D eigenvalue weighted by Gasteiger charge is -2.20. The van der Waals surface area contributed by atoms with Gasteiger partial charge in [-0.3, -0.25) is 0 Å². The van der Waals surface area contributed by atoms with Crippen molar-refractivity contribution in [2.75, 3.05) is 7.11 Å². The van der Waals surface area contributed by atoms with Crippen LogP contribution in [0, 0.1) is 5.21 Å². The molecule has 1 heterocycles. The standard InChI is InChI=1S/C17H20N2O3/c1-22-17(20)16-14(13-9-5-6-10-15(13)18-16)11-19(21)12-7-3-2-4-8-12/h5-6,9-12,18H,2-4,7-8H2,1H3/b19-11-. The molecule has 1 aliphatic carbocycles. The quantitative estimate of drug-likeness (QED) is 0.311. The predicted octanol–water partition coefficient (Wildman–Crippen LogP) is 3.22. The van der Waals surface area contributed by atoms with Crippen LogP contribution < -0.4 is 0 Å². The number of fused-ring (bicyclic) bond motifs is 1. The molecule has 116 valence electrons. The molecular formula is C17H20N2O3. The number of hydroxylamine groups is 1. The van der Waals surface area contributed by atoms with Crippen molar-refractivity contribution in [3.63, 3.8) is 0 Å². The third-order valence-electron chi connectivity index (χ3n) is 4.33. The van der Waals surface area contributed by atoms with E-state index in [2.05, 4.69) is 4.98 Å². The summed E-state index contributed by atoms with van der Waals surface area (Å²) in [6, 6.07) is 7.57. The third kappa shape index (κ3) is 2.71. The summed E-state index contributed by atoms with van der Waals surface area (Å²) in [5, 5.41) is 13.3. The SMILES string of the molecule is COC(=O)c1[nH]c2ccccc2c1/C=[N+](\[O-])C1CCCCC1. The van der Waals surface area contributed by atoms with Gasteiger partial charge in [-0.15, -0.1) is 0 Å². The Morgan fingerprint density at radius 3 is 2.77 bits per heavy atom. The number of methoxy groups -OCH3 is 1. The van der Waals surface area contributed by atoms with Gasteiger partial charge in [-0.2, -0.15) is 0 Å². The highest BCUT2D eigenvalue weighted by Crippen LogP contribution is 2.23. The number of aromatic amines is 1. The highest BCUT2D eigenvalue weighted by Gasteiger charge is 2.23. The number of para-hydroxylation sites is 1. The second-order valence-electron chi connectivity index (χ2n) is 5.73. The normalized spacial score (nSPS) is 16.9. The second-order valence-corrected chi connectivity index (χ2v) is 5.73. The number of aromatic nitrogens is 1. The Balaban J connectivity index is 2.05. The molecule has 1 aromatic carbocycles. The molecule has 5 heteroatoms. The largest absolute Gasteiger partial charge is 0.624 e. The minimum absolute atomic E-state index is 0.00732. The molecule has 0 saturated heterocycles. The Labute approximate surface area is 129 Å². The Bertz CT molecular complexity index is 712. The maximum Gasteiger partial charge on any atom is 0.355 e. The number of benzene rings is 1. The molecule has 0 spiro atoms. The molecule has 1 N–H and O–H groups in total. The minimum Gasteiger partial charge on any atom is -0.624 e. The van der Waals surface area contributed by atoms with Gasteiger partial charge in [-0.05, 0) is 18.9 Å². The maximum absolute atomic E-state index is 12.5. The summed E-state index contributed by atoms with van der Waals surface area (Å²) in [5.41, 5.74) is 1.77. The van der Waals surface area contributed by atoms with Crippen molar-refractivity contribution in [1.29, 1.82) is 0 Å². The number of esters is 1. The Kier molecular flexibility index (Phi) is 4.13. The Hall–Kier alpha value is -2.30. The summed E-state index contributed by atoms with van der Waals surface area (Å²) in [6.07, 6.45) is 6.75. The Morgan fingerprint density at radius 1 is 1.32 bits per heavy atom. The number of nitrogens with one attached hydrogen (secondary N) is 1. The summed E-state index contributed by atoms with van der Waals surface area (Å²) >= 11 is 0. The van der Waals surface area contributed by atoms with Gasteiger partial charge < -0.3 is 14.9 Å². The van der Waals surface area contributed by atoms with Gasteiger partial charge in [0.2, 0.25) is 0 Å². The van der Waals surface area contributed by atoms with Crippen LogP contribution >= 0.6 is 0 Å². The van der Waals surface area contributed by atoms with Gasteiger partial charge in [0, 0.05) is 23.7 Å². The zero-order chi connectivity index (χ0) is 15.5. The molecule has 1 fully saturated rings. The van der Waals surface area contributed by atoms with E-state index in [0.29, 0.717) is 11.3 Å². The van der Waals surface area contributed by atoms with Crippen LogP contribution in [0.2, 0.25) is 0 Å². The average Bonchev–Trinajstić information content (AvgIpc) is 2.93. The fourth-order valence-corrected chi connectivity index (χ4v) is 3.13. The van der Waals surface area contributed by atoms with Crippen LogP contribution in [0.15, 0.2) is 24.3 Å². The number of carbonyl (C=O) groups is 1. The van der Waals surface area contributed by atoms with E-state index in [-0.39, 0.29) is 6.04 Å². The van der Waals surface area contributed by atoms with E-state index in [0.717, 1.165) is 41.3 Å². The van der Waals surface area contributed by atoms with Crippen LogP contribution in [0.4, 0.5) is 0 Å². The number of rotatable bonds is 3. The summed E-state index contributed by atoms with van der Waals surface area (Å²) in [4.78, 5) is 15.0. The van der Waals surface area contributed by atoms with E-state index in [1.807, 2.05) is 24.3 Å². The number of ether oxygens (including phenoxy) is 1. The highest BCUT2D eigenvalue weighted by atomic mass is 16.5. The zero-order valence-electron chi connectivity index (χ0n) is 12.7. The molecule has 2 aromatic rings. The summed E-state index contributed by atoms with van der Waals surface area (Å²) < 4.78 is 5.84. The van der Waals surface area contributed by atoms with Crippen LogP contribution in [0.25, 0.3) is 10.9 Å². The van der Waals surface area contributed by atoms with Crippen molar-refractivity contribution in [2.45, 2.75) is 38.1 Å². The molecule has 1 aromatic heterocycles. The van der Waals surface area contributed by atoms with Crippen molar-refractivity contribution in [3.8, 4) is 0 Å². The number of H-pyrrole nitrogens is 1. The first-order valence-electron chi connectivity index (χ1n) is 7.70. The lowest BCUT2D eigenvalue weighted by atomic mass is 9.96. The van der Waals surface area contributed by atoms with Crippen molar-refractivity contribution < 1.29 is 14.3 Å². The monoisotopic (exact) mass is 300 g/mol. The van der Waals surface area contributed by atoms with Gasteiger partial charge in [0.05, 0.1) is 12.7 Å². The van der Waals surface area contributed by atoms with Crippen molar-refractivity contribution >= 4 is 23.1 Å². The first kappa shape index (κ1) is 14.6. The molecule has 22 heavy (non-hydrogen) atoms. The predicted molar refractivity (Wildman–Crippen MR) is 85.3 cm³/mol. The smallest absolute Gasteiger partial charge is 0.355 e. The van der Waals surface area contributed by atoms with Gasteiger partial charge in [0.15, 0.2) is 12.3 Å². The Morgan fingerprint density at radius 2 is 2.05 bits per heavy atom. The van der Waals surface area contributed by atoms with E-state index in [9.17, 15) is 10.0 Å². The minimum atomic E-state index is -0.459. The molecule has 5 nitrogen and oxygen atoms in total. The summed E-state index contributed by atoms with van der Waals surface area (Å²) in [5.74, 6) is -0.459. The van der Waals surface area contributed by atoms with E-state index in [1.165, 1.54) is 13.5 Å². The van der Waals surface area contributed by atoms with Gasteiger partial charge >= 0.3 is 5.97 Å². The summed E-state index contributed by atoms with van der Waals surface area (Å²) in [7, 11) is 1.34. The molecule has 0 bridgehead atoms. The molecule has 0 radical (unpaired) electrons. The molecule has 0 unspecified atom stereocenters. The fourth-order valence-electron chi connectivity index (χ4n) is 3.13. The molecule has 1 saturated carbocycles. The second kappa shape index (κ2) is 6.22. The van der Waals surface area contributed by atoms with Gasteiger partial charge in [0.25, 0.3) is 0 Å². The number of nitrogens with zero attached hydrogens (tertiary/aromatic N) is 1. The average molecular weight is 300 g/mol. The van der Waals surface area contributed by atoms with Crippen LogP contribution in [-0.4, -0.2) is 35.1 Å². The van der Waals surface area contributed by atoms with Crippen molar-refractivity contribution in [1.82, 2.24) is 4.98 Å². The molecule has 1 aliphatic rings. The molecular weight excluding hydrogens is 280 g/mol. The highest BCUT2D eigenvalue weighted by molar-refractivity contribution is 6.08. The first-order valence-corrected chi connectivity index (χ1v) is 7.70. The summed E-state index contributed by atoms with van der Waals surface area (Å²) in [6.45, 7) is 0. The van der Waals surface area contributed by atoms with Crippen LogP contribution in [-0.2, 0) is 4.74 Å². The first-order chi connectivity index (χ1) is 10.7. The van der Waals surface area contributed by atoms with Crippen molar-refractivity contribution in [2.24, 2.45) is 0 Å². The van der Waals surface area contributed by atoms with Crippen LogP contribution in [0.1, 0.15) is 48.2 Å². The lowest BCUT2D eigenvalue weighted by Crippen LogP contribution is -2.25. The van der Waals surface area contributed by atoms with E-state index >= 15 is 0 Å².